The summed E-state index contributed by atoms with van der Waals surface area (Å²) in [6, 6.07) is -0.400. The molecule has 7 nitrogen and oxygen atoms in total. The summed E-state index contributed by atoms with van der Waals surface area (Å²) in [6.45, 7) is 10.3. The van der Waals surface area contributed by atoms with Crippen LogP contribution in [0.25, 0.3) is 0 Å². The number of carboxylic acid groups (broad SMARTS) is 1. The van der Waals surface area contributed by atoms with Gasteiger partial charge in [0, 0.05) is 12.5 Å². The maximum absolute atomic E-state index is 12.8. The van der Waals surface area contributed by atoms with Crippen molar-refractivity contribution < 1.29 is 24.2 Å². The third kappa shape index (κ3) is 13.9. The molecule has 7 heteroatoms. The lowest BCUT2D eigenvalue weighted by molar-refractivity contribution is -0.141. The number of carbonyl (C=O) groups is 3. The Balaban J connectivity index is 4.71. The smallest absolute Gasteiger partial charge is 0.407 e. The first-order chi connectivity index (χ1) is 13.6. The number of aliphatic carboxylic acids is 1. The van der Waals surface area contributed by atoms with Gasteiger partial charge in [-0.1, -0.05) is 72.6 Å². The van der Waals surface area contributed by atoms with E-state index in [0.717, 1.165) is 19.3 Å². The largest absolute Gasteiger partial charge is 0.481 e. The molecule has 0 fully saturated rings. The Morgan fingerprint density at radius 1 is 0.966 bits per heavy atom. The number of rotatable bonds is 15. The Morgan fingerprint density at radius 2 is 1.55 bits per heavy atom. The maximum Gasteiger partial charge on any atom is 0.407 e. The molecule has 0 saturated heterocycles. The Labute approximate surface area is 176 Å². The molecular weight excluding hydrogens is 372 g/mol. The second-order valence-corrected chi connectivity index (χ2v) is 8.76. The lowest BCUT2D eigenvalue weighted by Gasteiger charge is -2.32. The van der Waals surface area contributed by atoms with Crippen molar-refractivity contribution in [1.29, 1.82) is 0 Å². The summed E-state index contributed by atoms with van der Waals surface area (Å²) in [5.41, 5.74) is -0.338. The van der Waals surface area contributed by atoms with E-state index in [9.17, 15) is 19.5 Å². The van der Waals surface area contributed by atoms with Crippen LogP contribution in [-0.2, 0) is 14.3 Å². The van der Waals surface area contributed by atoms with Gasteiger partial charge in [0.1, 0.15) is 6.61 Å². The molecular formula is C22H42N2O5. The first-order valence-corrected chi connectivity index (χ1v) is 11.0. The van der Waals surface area contributed by atoms with E-state index in [0.29, 0.717) is 13.0 Å². The lowest BCUT2D eigenvalue weighted by Crippen LogP contribution is -2.49. The van der Waals surface area contributed by atoms with Gasteiger partial charge in [0.25, 0.3) is 0 Å². The summed E-state index contributed by atoms with van der Waals surface area (Å²) in [4.78, 5) is 35.6. The summed E-state index contributed by atoms with van der Waals surface area (Å²) in [5, 5.41) is 14.7. The standard InChI is InChI=1S/C22H42N2O5/c1-6-8-9-10-11-12-13-14-17(15-19(25)26)20(27)24-18(22(3,4)5)16-29-21(28)23-7-2/h17-18H,6-16H2,1-5H3,(H,23,28)(H,24,27)(H,25,26)/t17-,18-/m1/s1. The number of amides is 2. The molecule has 0 aromatic carbocycles. The molecule has 0 aromatic heterocycles. The van der Waals surface area contributed by atoms with Crippen LogP contribution in [-0.4, -0.2) is 42.3 Å². The number of hydrogen-bond acceptors (Lipinski definition) is 4. The van der Waals surface area contributed by atoms with E-state index in [-0.39, 0.29) is 24.3 Å². The van der Waals surface area contributed by atoms with Crippen molar-refractivity contribution in [3.8, 4) is 0 Å². The SMILES string of the molecule is CCCCCCCCC[C@H](CC(=O)O)C(=O)N[C@H](COC(=O)NCC)C(C)(C)C. The Kier molecular flexibility index (Phi) is 14.2. The van der Waals surface area contributed by atoms with Gasteiger partial charge in [-0.25, -0.2) is 4.79 Å². The van der Waals surface area contributed by atoms with Gasteiger partial charge in [0.15, 0.2) is 0 Å². The molecule has 0 aliphatic rings. The van der Waals surface area contributed by atoms with Crippen molar-refractivity contribution in [2.24, 2.45) is 11.3 Å². The van der Waals surface area contributed by atoms with Crippen molar-refractivity contribution >= 4 is 18.0 Å². The fraction of sp³-hybridized carbons (Fsp3) is 0.864. The summed E-state index contributed by atoms with van der Waals surface area (Å²) in [5.74, 6) is -1.82. The maximum atomic E-state index is 12.8. The molecule has 0 radical (unpaired) electrons. The molecule has 2 amide bonds. The minimum absolute atomic E-state index is 0.0400. The van der Waals surface area contributed by atoms with Crippen LogP contribution < -0.4 is 10.6 Å². The predicted molar refractivity (Wildman–Crippen MR) is 115 cm³/mol. The van der Waals surface area contributed by atoms with E-state index in [1.807, 2.05) is 20.8 Å². The van der Waals surface area contributed by atoms with Gasteiger partial charge in [0.05, 0.1) is 12.5 Å². The van der Waals surface area contributed by atoms with Gasteiger partial charge >= 0.3 is 12.1 Å². The van der Waals surface area contributed by atoms with Crippen LogP contribution in [0.15, 0.2) is 0 Å². The molecule has 0 aliphatic carbocycles. The number of hydrogen-bond donors (Lipinski definition) is 3. The third-order valence-corrected chi connectivity index (χ3v) is 5.01. The van der Waals surface area contributed by atoms with Crippen LogP contribution in [0, 0.1) is 11.3 Å². The topological polar surface area (TPSA) is 105 Å². The van der Waals surface area contributed by atoms with Crippen molar-refractivity contribution in [2.45, 2.75) is 98.4 Å². The van der Waals surface area contributed by atoms with Crippen molar-refractivity contribution in [1.82, 2.24) is 10.6 Å². The molecule has 0 saturated carbocycles. The fourth-order valence-corrected chi connectivity index (χ4v) is 3.04. The zero-order valence-corrected chi connectivity index (χ0v) is 19.0. The van der Waals surface area contributed by atoms with Crippen LogP contribution in [0.5, 0.6) is 0 Å². The van der Waals surface area contributed by atoms with Crippen LogP contribution in [0.1, 0.15) is 92.4 Å². The normalized spacial score (nSPS) is 13.4. The van der Waals surface area contributed by atoms with E-state index in [1.54, 1.807) is 6.92 Å². The molecule has 0 aromatic rings. The third-order valence-electron chi connectivity index (χ3n) is 5.01. The van der Waals surface area contributed by atoms with Crippen molar-refractivity contribution in [3.05, 3.63) is 0 Å². The molecule has 170 valence electrons. The highest BCUT2D eigenvalue weighted by molar-refractivity contribution is 5.83. The average molecular weight is 415 g/mol. The fourth-order valence-electron chi connectivity index (χ4n) is 3.04. The molecule has 0 aliphatic heterocycles. The van der Waals surface area contributed by atoms with Crippen molar-refractivity contribution in [2.75, 3.05) is 13.2 Å². The number of carbonyl (C=O) groups excluding carboxylic acids is 2. The molecule has 0 heterocycles. The summed E-state index contributed by atoms with van der Waals surface area (Å²) < 4.78 is 5.20. The van der Waals surface area contributed by atoms with E-state index in [2.05, 4.69) is 17.6 Å². The molecule has 3 N–H and O–H groups in total. The molecule has 0 unspecified atom stereocenters. The monoisotopic (exact) mass is 414 g/mol. The summed E-state index contributed by atoms with van der Waals surface area (Å²) in [6.07, 6.45) is 7.68. The van der Waals surface area contributed by atoms with E-state index in [1.165, 1.54) is 25.7 Å². The first kappa shape index (κ1) is 27.2. The molecule has 0 bridgehead atoms. The molecule has 0 rings (SSSR count). The van der Waals surface area contributed by atoms with Gasteiger partial charge in [-0.3, -0.25) is 9.59 Å². The second kappa shape index (κ2) is 15.1. The van der Waals surface area contributed by atoms with Gasteiger partial charge in [-0.05, 0) is 18.8 Å². The summed E-state index contributed by atoms with van der Waals surface area (Å²) >= 11 is 0. The number of alkyl carbamates (subject to hydrolysis) is 1. The molecule has 0 spiro atoms. The van der Waals surface area contributed by atoms with E-state index >= 15 is 0 Å². The number of ether oxygens (including phenoxy) is 1. The minimum atomic E-state index is -0.973. The van der Waals surface area contributed by atoms with Gasteiger partial charge in [0.2, 0.25) is 5.91 Å². The molecule has 29 heavy (non-hydrogen) atoms. The molecule has 2 atom stereocenters. The average Bonchev–Trinajstić information content (AvgIpc) is 2.62. The van der Waals surface area contributed by atoms with Crippen LogP contribution in [0.2, 0.25) is 0 Å². The second-order valence-electron chi connectivity index (χ2n) is 8.76. The quantitative estimate of drug-likeness (QED) is 0.342. The highest BCUT2D eigenvalue weighted by Crippen LogP contribution is 2.22. The zero-order chi connectivity index (χ0) is 22.3. The van der Waals surface area contributed by atoms with Gasteiger partial charge in [-0.2, -0.15) is 0 Å². The van der Waals surface area contributed by atoms with Crippen LogP contribution in [0.4, 0.5) is 4.79 Å². The highest BCUT2D eigenvalue weighted by Gasteiger charge is 2.31. The lowest BCUT2D eigenvalue weighted by atomic mass is 9.86. The van der Waals surface area contributed by atoms with Crippen LogP contribution in [0.3, 0.4) is 0 Å². The number of unbranched alkanes of at least 4 members (excludes halogenated alkanes) is 6. The number of carboxylic acids is 1. The Bertz CT molecular complexity index is 488. The minimum Gasteiger partial charge on any atom is -0.481 e. The Morgan fingerprint density at radius 3 is 2.07 bits per heavy atom. The highest BCUT2D eigenvalue weighted by atomic mass is 16.5. The van der Waals surface area contributed by atoms with E-state index < -0.39 is 24.0 Å². The Hall–Kier alpha value is -1.79. The summed E-state index contributed by atoms with van der Waals surface area (Å²) in [7, 11) is 0. The van der Waals surface area contributed by atoms with Gasteiger partial charge < -0.3 is 20.5 Å². The first-order valence-electron chi connectivity index (χ1n) is 11.0. The van der Waals surface area contributed by atoms with Gasteiger partial charge in [-0.15, -0.1) is 0 Å². The zero-order valence-electron chi connectivity index (χ0n) is 19.0. The van der Waals surface area contributed by atoms with Crippen molar-refractivity contribution in [3.63, 3.8) is 0 Å². The number of nitrogens with one attached hydrogen (secondary N) is 2. The van der Waals surface area contributed by atoms with E-state index in [4.69, 9.17) is 4.74 Å². The van der Waals surface area contributed by atoms with Crippen LogP contribution >= 0.6 is 0 Å². The predicted octanol–water partition coefficient (Wildman–Crippen LogP) is 4.50.